The second-order valence-electron chi connectivity index (χ2n) is 13.8. The molecule has 1 heteroatoms. The lowest BCUT2D eigenvalue weighted by Crippen LogP contribution is -2.31. The molecule has 170 valence electrons. The van der Waals surface area contributed by atoms with Crippen LogP contribution < -0.4 is 0 Å². The molecule has 0 N–H and O–H groups in total. The summed E-state index contributed by atoms with van der Waals surface area (Å²) < 4.78 is 0. The van der Waals surface area contributed by atoms with Crippen molar-refractivity contribution in [3.63, 3.8) is 0 Å². The van der Waals surface area contributed by atoms with Crippen molar-refractivity contribution >= 4 is 0 Å². The van der Waals surface area contributed by atoms with Gasteiger partial charge in [-0.15, -0.1) is 0 Å². The minimum Gasteiger partial charge on any atom is -0.303 e. The molecule has 0 aromatic carbocycles. The molecule has 1 nitrogen and oxygen atoms in total. The molecule has 0 aromatic heterocycles. The summed E-state index contributed by atoms with van der Waals surface area (Å²) in [6, 6.07) is 0. The molecule has 0 spiro atoms. The van der Waals surface area contributed by atoms with E-state index in [1.165, 1.54) is 58.2 Å². The maximum Gasteiger partial charge on any atom is -0.00162 e. The van der Waals surface area contributed by atoms with Crippen molar-refractivity contribution in [2.75, 3.05) is 19.6 Å². The topological polar surface area (TPSA) is 3.24 Å². The molecule has 0 saturated heterocycles. The summed E-state index contributed by atoms with van der Waals surface area (Å²) in [7, 11) is 0. The Bertz CT molecular complexity index is 328. The molecule has 0 aromatic rings. The molecule has 0 aliphatic rings. The first-order valence-electron chi connectivity index (χ1n) is 12.2. The van der Waals surface area contributed by atoms with Crippen molar-refractivity contribution in [3.8, 4) is 0 Å². The van der Waals surface area contributed by atoms with E-state index in [9.17, 15) is 0 Å². The molecule has 0 amide bonds. The van der Waals surface area contributed by atoms with Gasteiger partial charge >= 0.3 is 0 Å². The van der Waals surface area contributed by atoms with Gasteiger partial charge in [-0.05, 0) is 92.2 Å². The summed E-state index contributed by atoms with van der Waals surface area (Å²) in [5.74, 6) is 2.46. The highest BCUT2D eigenvalue weighted by molar-refractivity contribution is 4.73. The van der Waals surface area contributed by atoms with Crippen molar-refractivity contribution in [2.45, 2.75) is 122 Å². The lowest BCUT2D eigenvalue weighted by atomic mass is 9.83. The van der Waals surface area contributed by atoms with Gasteiger partial charge in [0.15, 0.2) is 0 Å². The van der Waals surface area contributed by atoms with Crippen LogP contribution in [0.3, 0.4) is 0 Å². The largest absolute Gasteiger partial charge is 0.303 e. The van der Waals surface area contributed by atoms with Gasteiger partial charge in [0, 0.05) is 0 Å². The maximum absolute atomic E-state index is 2.79. The van der Waals surface area contributed by atoms with E-state index in [4.69, 9.17) is 0 Å². The molecule has 3 atom stereocenters. The summed E-state index contributed by atoms with van der Waals surface area (Å²) in [6.45, 7) is 32.6. The first-order chi connectivity index (χ1) is 12.5. The highest BCUT2D eigenvalue weighted by atomic mass is 15.1. The Balaban J connectivity index is 4.64. The van der Waals surface area contributed by atoms with E-state index in [1.807, 2.05) is 0 Å². The predicted molar refractivity (Wildman–Crippen MR) is 130 cm³/mol. The molecule has 0 heterocycles. The third-order valence-electron chi connectivity index (χ3n) is 5.70. The lowest BCUT2D eigenvalue weighted by molar-refractivity contribution is 0.189. The van der Waals surface area contributed by atoms with Gasteiger partial charge in [0.25, 0.3) is 0 Å². The van der Waals surface area contributed by atoms with Gasteiger partial charge in [0.1, 0.15) is 0 Å². The van der Waals surface area contributed by atoms with Gasteiger partial charge in [0.05, 0.1) is 0 Å². The van der Waals surface area contributed by atoms with Crippen molar-refractivity contribution in [1.29, 1.82) is 0 Å². The molecule has 0 saturated carbocycles. The van der Waals surface area contributed by atoms with E-state index in [0.29, 0.717) is 16.2 Å². The molecule has 28 heavy (non-hydrogen) atoms. The Morgan fingerprint density at radius 2 is 0.679 bits per heavy atom. The normalized spacial score (nSPS) is 17.0. The summed E-state index contributed by atoms with van der Waals surface area (Å²) in [5.41, 5.74) is 1.35. The minimum absolute atomic E-state index is 0.451. The summed E-state index contributed by atoms with van der Waals surface area (Å²) in [6.07, 6.45) is 8.04. The molecule has 3 unspecified atom stereocenters. The first kappa shape index (κ1) is 28.0. The lowest BCUT2D eigenvalue weighted by Gasteiger charge is -2.30. The van der Waals surface area contributed by atoms with E-state index in [0.717, 1.165) is 17.8 Å². The summed E-state index contributed by atoms with van der Waals surface area (Å²) in [5, 5.41) is 0. The van der Waals surface area contributed by atoms with Crippen LogP contribution in [0, 0.1) is 34.0 Å². The Morgan fingerprint density at radius 1 is 0.464 bits per heavy atom. The van der Waals surface area contributed by atoms with Crippen molar-refractivity contribution in [2.24, 2.45) is 34.0 Å². The molecule has 0 rings (SSSR count). The van der Waals surface area contributed by atoms with Crippen LogP contribution in [-0.2, 0) is 0 Å². The Hall–Kier alpha value is -0.0400. The van der Waals surface area contributed by atoms with Gasteiger partial charge in [-0.1, -0.05) is 83.1 Å². The standard InChI is InChI=1S/C27H57N/c1-22(19-25(4,5)6)13-16-28(17-14-23(2)20-26(7,8)9)18-15-24(3)21-27(10,11)12/h22-24H,13-21H2,1-12H3. The van der Waals surface area contributed by atoms with Crippen LogP contribution >= 0.6 is 0 Å². The highest BCUT2D eigenvalue weighted by Gasteiger charge is 2.20. The van der Waals surface area contributed by atoms with Gasteiger partial charge in [-0.3, -0.25) is 0 Å². The molecule has 0 fully saturated rings. The third kappa shape index (κ3) is 18.0. The Labute approximate surface area is 180 Å². The Kier molecular flexibility index (Phi) is 12.0. The SMILES string of the molecule is CC(CCN(CCC(C)CC(C)(C)C)CCC(C)CC(C)(C)C)CC(C)(C)C. The highest BCUT2D eigenvalue weighted by Crippen LogP contribution is 2.29. The van der Waals surface area contributed by atoms with Crippen molar-refractivity contribution in [3.05, 3.63) is 0 Å². The Morgan fingerprint density at radius 3 is 0.857 bits per heavy atom. The van der Waals surface area contributed by atoms with Crippen LogP contribution in [0.1, 0.15) is 122 Å². The third-order valence-corrected chi connectivity index (χ3v) is 5.70. The quantitative estimate of drug-likeness (QED) is 0.319. The monoisotopic (exact) mass is 395 g/mol. The van der Waals surface area contributed by atoms with Crippen molar-refractivity contribution < 1.29 is 0 Å². The smallest absolute Gasteiger partial charge is 0.00162 e. The van der Waals surface area contributed by atoms with E-state index >= 15 is 0 Å². The minimum atomic E-state index is 0.451. The van der Waals surface area contributed by atoms with Crippen LogP contribution in [0.4, 0.5) is 0 Å². The van der Waals surface area contributed by atoms with Crippen LogP contribution in [0.25, 0.3) is 0 Å². The average Bonchev–Trinajstić information content (AvgIpc) is 2.40. The molecule has 0 bridgehead atoms. The van der Waals surface area contributed by atoms with Crippen LogP contribution in [0.2, 0.25) is 0 Å². The number of hydrogen-bond donors (Lipinski definition) is 0. The molecule has 0 radical (unpaired) electrons. The predicted octanol–water partition coefficient (Wildman–Crippen LogP) is 8.68. The second kappa shape index (κ2) is 12.0. The van der Waals surface area contributed by atoms with E-state index in [2.05, 4.69) is 88.0 Å². The fraction of sp³-hybridized carbons (Fsp3) is 1.00. The van der Waals surface area contributed by atoms with Gasteiger partial charge in [-0.2, -0.15) is 0 Å². The zero-order valence-electron chi connectivity index (χ0n) is 22.0. The first-order valence-corrected chi connectivity index (χ1v) is 12.2. The van der Waals surface area contributed by atoms with E-state index < -0.39 is 0 Å². The van der Waals surface area contributed by atoms with Gasteiger partial charge in [-0.25, -0.2) is 0 Å². The van der Waals surface area contributed by atoms with E-state index in [-0.39, 0.29) is 0 Å². The van der Waals surface area contributed by atoms with Gasteiger partial charge in [0.2, 0.25) is 0 Å². The second-order valence-corrected chi connectivity index (χ2v) is 13.8. The molecule has 0 aliphatic carbocycles. The van der Waals surface area contributed by atoms with Crippen LogP contribution in [0.5, 0.6) is 0 Å². The number of hydrogen-bond acceptors (Lipinski definition) is 1. The number of nitrogens with zero attached hydrogens (tertiary/aromatic N) is 1. The molecular weight excluding hydrogens is 338 g/mol. The maximum atomic E-state index is 2.79. The molecular formula is C27H57N. The van der Waals surface area contributed by atoms with Gasteiger partial charge < -0.3 is 4.90 Å². The zero-order valence-corrected chi connectivity index (χ0v) is 22.0. The summed E-state index contributed by atoms with van der Waals surface area (Å²) >= 11 is 0. The van der Waals surface area contributed by atoms with Crippen molar-refractivity contribution in [1.82, 2.24) is 4.90 Å². The van der Waals surface area contributed by atoms with Crippen LogP contribution in [0.15, 0.2) is 0 Å². The molecule has 0 aliphatic heterocycles. The zero-order chi connectivity index (χ0) is 22.2. The number of rotatable bonds is 12. The van der Waals surface area contributed by atoms with E-state index in [1.54, 1.807) is 0 Å². The fourth-order valence-electron chi connectivity index (χ4n) is 4.99. The fourth-order valence-corrected chi connectivity index (χ4v) is 4.99. The average molecular weight is 396 g/mol. The van der Waals surface area contributed by atoms with Crippen LogP contribution in [-0.4, -0.2) is 24.5 Å². The summed E-state index contributed by atoms with van der Waals surface area (Å²) in [4.78, 5) is 2.79.